The van der Waals surface area contributed by atoms with E-state index in [1.165, 1.54) is 0 Å². The summed E-state index contributed by atoms with van der Waals surface area (Å²) in [5, 5.41) is 9.07. The fourth-order valence-corrected chi connectivity index (χ4v) is 1.34. The number of aliphatic hydroxyl groups is 1. The smallest absolute Gasteiger partial charge is 0.0650 e. The maximum atomic E-state index is 9.07. The summed E-state index contributed by atoms with van der Waals surface area (Å²) in [6.07, 6.45) is 0. The first-order chi connectivity index (χ1) is 5.97. The third-order valence-electron chi connectivity index (χ3n) is 2.15. The number of aliphatic hydroxyl groups excluding tert-OH is 1. The molecular formula is C10H14BrNO. The lowest BCUT2D eigenvalue weighted by Crippen LogP contribution is -2.36. The molecule has 3 N–H and O–H groups in total. The van der Waals surface area contributed by atoms with Gasteiger partial charge in [0, 0.05) is 4.47 Å². The molecule has 0 spiro atoms. The van der Waals surface area contributed by atoms with Gasteiger partial charge >= 0.3 is 0 Å². The Morgan fingerprint density at radius 2 is 2.15 bits per heavy atom. The van der Waals surface area contributed by atoms with E-state index in [4.69, 9.17) is 10.8 Å². The molecule has 1 aromatic carbocycles. The Balaban J connectivity index is 3.10. The average Bonchev–Trinajstić information content (AvgIpc) is 2.09. The predicted molar refractivity (Wildman–Crippen MR) is 57.5 cm³/mol. The van der Waals surface area contributed by atoms with E-state index in [9.17, 15) is 0 Å². The predicted octanol–water partition coefficient (Wildman–Crippen LogP) is 1.92. The van der Waals surface area contributed by atoms with Gasteiger partial charge in [-0.1, -0.05) is 28.1 Å². The van der Waals surface area contributed by atoms with Gasteiger partial charge in [0.05, 0.1) is 12.1 Å². The highest BCUT2D eigenvalue weighted by molar-refractivity contribution is 9.10. The van der Waals surface area contributed by atoms with Crippen molar-refractivity contribution in [1.29, 1.82) is 0 Å². The van der Waals surface area contributed by atoms with Crippen LogP contribution in [0.2, 0.25) is 0 Å². The SMILES string of the molecule is Cc1cc([C@](C)(N)CO)ccc1Br. The van der Waals surface area contributed by atoms with Crippen LogP contribution in [-0.2, 0) is 5.54 Å². The summed E-state index contributed by atoms with van der Waals surface area (Å²) in [4.78, 5) is 0. The van der Waals surface area contributed by atoms with Crippen LogP contribution in [-0.4, -0.2) is 11.7 Å². The van der Waals surface area contributed by atoms with Gasteiger partial charge in [-0.25, -0.2) is 0 Å². The van der Waals surface area contributed by atoms with Crippen molar-refractivity contribution in [3.05, 3.63) is 33.8 Å². The van der Waals surface area contributed by atoms with E-state index in [1.807, 2.05) is 32.0 Å². The van der Waals surface area contributed by atoms with Crippen LogP contribution in [0.15, 0.2) is 22.7 Å². The van der Waals surface area contributed by atoms with Crippen LogP contribution in [0.3, 0.4) is 0 Å². The maximum Gasteiger partial charge on any atom is 0.0650 e. The topological polar surface area (TPSA) is 46.2 Å². The summed E-state index contributed by atoms with van der Waals surface area (Å²) in [7, 11) is 0. The largest absolute Gasteiger partial charge is 0.394 e. The summed E-state index contributed by atoms with van der Waals surface area (Å²) in [5.74, 6) is 0. The van der Waals surface area contributed by atoms with Crippen molar-refractivity contribution in [2.45, 2.75) is 19.4 Å². The van der Waals surface area contributed by atoms with Gasteiger partial charge in [-0.3, -0.25) is 0 Å². The molecule has 0 aromatic heterocycles. The number of hydrogen-bond acceptors (Lipinski definition) is 2. The molecule has 0 radical (unpaired) electrons. The zero-order valence-electron chi connectivity index (χ0n) is 7.84. The monoisotopic (exact) mass is 243 g/mol. The second-order valence-electron chi connectivity index (χ2n) is 3.54. The van der Waals surface area contributed by atoms with Crippen molar-refractivity contribution in [2.24, 2.45) is 5.73 Å². The summed E-state index contributed by atoms with van der Waals surface area (Å²) < 4.78 is 1.06. The van der Waals surface area contributed by atoms with Gasteiger partial charge in [-0.2, -0.15) is 0 Å². The first kappa shape index (κ1) is 10.7. The van der Waals surface area contributed by atoms with Gasteiger partial charge in [-0.15, -0.1) is 0 Å². The number of nitrogens with two attached hydrogens (primary N) is 1. The van der Waals surface area contributed by atoms with Crippen molar-refractivity contribution in [2.75, 3.05) is 6.61 Å². The molecule has 1 aromatic rings. The summed E-state index contributed by atoms with van der Waals surface area (Å²) in [6, 6.07) is 5.86. The molecule has 0 unspecified atom stereocenters. The number of rotatable bonds is 2. The molecule has 13 heavy (non-hydrogen) atoms. The molecule has 2 nitrogen and oxygen atoms in total. The zero-order valence-corrected chi connectivity index (χ0v) is 9.43. The van der Waals surface area contributed by atoms with E-state index in [1.54, 1.807) is 0 Å². The second kappa shape index (κ2) is 3.78. The van der Waals surface area contributed by atoms with E-state index in [0.29, 0.717) is 0 Å². The Hall–Kier alpha value is -0.380. The van der Waals surface area contributed by atoms with Crippen molar-refractivity contribution in [3.63, 3.8) is 0 Å². The van der Waals surface area contributed by atoms with Crippen LogP contribution in [0.4, 0.5) is 0 Å². The minimum absolute atomic E-state index is 0.0475. The van der Waals surface area contributed by atoms with E-state index in [2.05, 4.69) is 15.9 Å². The number of hydrogen-bond donors (Lipinski definition) is 2. The minimum atomic E-state index is -0.647. The number of aryl methyl sites for hydroxylation is 1. The van der Waals surface area contributed by atoms with Crippen LogP contribution in [0.1, 0.15) is 18.1 Å². The molecule has 0 fully saturated rings. The molecular weight excluding hydrogens is 230 g/mol. The molecule has 1 atom stereocenters. The van der Waals surface area contributed by atoms with E-state index < -0.39 is 5.54 Å². The first-order valence-electron chi connectivity index (χ1n) is 4.14. The highest BCUT2D eigenvalue weighted by Gasteiger charge is 2.19. The van der Waals surface area contributed by atoms with Crippen LogP contribution >= 0.6 is 15.9 Å². The van der Waals surface area contributed by atoms with Crippen LogP contribution in [0.25, 0.3) is 0 Å². The molecule has 72 valence electrons. The standard InChI is InChI=1S/C10H14BrNO/c1-7-5-8(3-4-9(7)11)10(2,12)6-13/h3-5,13H,6,12H2,1-2H3/t10-/m1/s1. The molecule has 3 heteroatoms. The lowest BCUT2D eigenvalue weighted by molar-refractivity contribution is 0.210. The molecule has 0 amide bonds. The van der Waals surface area contributed by atoms with Gasteiger partial charge in [0.2, 0.25) is 0 Å². The number of halogens is 1. The Morgan fingerprint density at radius 1 is 1.54 bits per heavy atom. The molecule has 0 aliphatic heterocycles. The average molecular weight is 244 g/mol. The molecule has 0 aliphatic carbocycles. The Kier molecular flexibility index (Phi) is 3.11. The quantitative estimate of drug-likeness (QED) is 0.834. The van der Waals surface area contributed by atoms with Gasteiger partial charge in [0.25, 0.3) is 0 Å². The maximum absolute atomic E-state index is 9.07. The number of benzene rings is 1. The molecule has 0 saturated carbocycles. The van der Waals surface area contributed by atoms with Crippen LogP contribution < -0.4 is 5.73 Å². The van der Waals surface area contributed by atoms with Gasteiger partial charge in [0.15, 0.2) is 0 Å². The molecule has 0 saturated heterocycles. The Bertz CT molecular complexity index is 310. The third-order valence-corrected chi connectivity index (χ3v) is 3.04. The highest BCUT2D eigenvalue weighted by Crippen LogP contribution is 2.23. The fourth-order valence-electron chi connectivity index (χ4n) is 1.09. The van der Waals surface area contributed by atoms with Crippen molar-refractivity contribution in [3.8, 4) is 0 Å². The molecule has 0 aliphatic rings. The van der Waals surface area contributed by atoms with E-state index >= 15 is 0 Å². The normalized spacial score (nSPS) is 15.5. The molecule has 0 heterocycles. The Morgan fingerprint density at radius 3 is 2.62 bits per heavy atom. The van der Waals surface area contributed by atoms with Gasteiger partial charge in [-0.05, 0) is 31.0 Å². The second-order valence-corrected chi connectivity index (χ2v) is 4.39. The van der Waals surface area contributed by atoms with Crippen LogP contribution in [0, 0.1) is 6.92 Å². The lowest BCUT2D eigenvalue weighted by atomic mass is 9.93. The molecule has 1 rings (SSSR count). The minimum Gasteiger partial charge on any atom is -0.394 e. The van der Waals surface area contributed by atoms with E-state index in [0.717, 1.165) is 15.6 Å². The van der Waals surface area contributed by atoms with Crippen molar-refractivity contribution in [1.82, 2.24) is 0 Å². The first-order valence-corrected chi connectivity index (χ1v) is 4.93. The summed E-state index contributed by atoms with van der Waals surface area (Å²) >= 11 is 3.41. The van der Waals surface area contributed by atoms with Gasteiger partial charge in [0.1, 0.15) is 0 Å². The van der Waals surface area contributed by atoms with Crippen molar-refractivity contribution >= 4 is 15.9 Å². The lowest BCUT2D eigenvalue weighted by Gasteiger charge is -2.22. The van der Waals surface area contributed by atoms with E-state index in [-0.39, 0.29) is 6.61 Å². The Labute approximate surface area is 86.9 Å². The van der Waals surface area contributed by atoms with Gasteiger partial charge < -0.3 is 10.8 Å². The van der Waals surface area contributed by atoms with Crippen LogP contribution in [0.5, 0.6) is 0 Å². The third kappa shape index (κ3) is 2.30. The summed E-state index contributed by atoms with van der Waals surface area (Å²) in [6.45, 7) is 3.77. The van der Waals surface area contributed by atoms with Crippen molar-refractivity contribution < 1.29 is 5.11 Å². The fraction of sp³-hybridized carbons (Fsp3) is 0.400. The molecule has 0 bridgehead atoms. The zero-order chi connectivity index (χ0) is 10.1. The summed E-state index contributed by atoms with van der Waals surface area (Å²) in [5.41, 5.74) is 7.33. The highest BCUT2D eigenvalue weighted by atomic mass is 79.9.